The number of rotatable bonds is 4. The van der Waals surface area contributed by atoms with Crippen molar-refractivity contribution < 1.29 is 13.9 Å². The van der Waals surface area contributed by atoms with Crippen molar-refractivity contribution in [2.24, 2.45) is 5.73 Å². The van der Waals surface area contributed by atoms with Crippen molar-refractivity contribution in [3.63, 3.8) is 0 Å². The zero-order valence-electron chi connectivity index (χ0n) is 9.37. The highest BCUT2D eigenvalue weighted by molar-refractivity contribution is 5.55. The van der Waals surface area contributed by atoms with Crippen LogP contribution in [0.5, 0.6) is 0 Å². The molecule has 0 saturated carbocycles. The van der Waals surface area contributed by atoms with E-state index in [0.717, 1.165) is 6.07 Å². The number of hydrogen-bond donors (Lipinski definition) is 2. The normalized spacial score (nSPS) is 12.6. The van der Waals surface area contributed by atoms with Crippen molar-refractivity contribution in [3.8, 4) is 0 Å². The number of halogens is 2. The van der Waals surface area contributed by atoms with Crippen molar-refractivity contribution in [3.05, 3.63) is 29.3 Å². The Morgan fingerprint density at radius 1 is 1.38 bits per heavy atom. The summed E-state index contributed by atoms with van der Waals surface area (Å²) in [6.45, 7) is -0.0902. The first-order valence-electron chi connectivity index (χ1n) is 5.00. The summed E-state index contributed by atoms with van der Waals surface area (Å²) in [5.74, 6) is -1.81. The van der Waals surface area contributed by atoms with Crippen molar-refractivity contribution >= 4 is 5.69 Å². The van der Waals surface area contributed by atoms with Crippen LogP contribution in [0.3, 0.4) is 0 Å². The molecule has 1 rings (SSSR count). The molecule has 0 fully saturated rings. The van der Waals surface area contributed by atoms with E-state index >= 15 is 0 Å². The van der Waals surface area contributed by atoms with Gasteiger partial charge in [0.25, 0.3) is 0 Å². The van der Waals surface area contributed by atoms with Gasteiger partial charge in [-0.15, -0.1) is 0 Å². The third-order valence-corrected chi connectivity index (χ3v) is 2.39. The van der Waals surface area contributed by atoms with Crippen LogP contribution >= 0.6 is 0 Å². The summed E-state index contributed by atoms with van der Waals surface area (Å²) in [6, 6.07) is 2.00. The van der Waals surface area contributed by atoms with E-state index in [4.69, 9.17) is 10.8 Å². The van der Waals surface area contributed by atoms with Crippen molar-refractivity contribution in [2.75, 3.05) is 25.6 Å². The van der Waals surface area contributed by atoms with Crippen LogP contribution in [0.4, 0.5) is 14.5 Å². The molecule has 16 heavy (non-hydrogen) atoms. The molecule has 5 heteroatoms. The molecule has 0 radical (unpaired) electrons. The van der Waals surface area contributed by atoms with Crippen molar-refractivity contribution in [1.82, 2.24) is 0 Å². The van der Waals surface area contributed by atoms with E-state index in [-0.39, 0.29) is 12.3 Å². The Bertz CT molecular complexity index is 369. The average Bonchev–Trinajstić information content (AvgIpc) is 2.21. The van der Waals surface area contributed by atoms with Gasteiger partial charge in [-0.1, -0.05) is 6.07 Å². The highest BCUT2D eigenvalue weighted by Crippen LogP contribution is 2.29. The van der Waals surface area contributed by atoms with E-state index in [1.54, 1.807) is 14.1 Å². The van der Waals surface area contributed by atoms with Crippen LogP contribution in [0.2, 0.25) is 0 Å². The van der Waals surface area contributed by atoms with Gasteiger partial charge in [0.15, 0.2) is 11.6 Å². The number of hydrogen-bond acceptors (Lipinski definition) is 3. The lowest BCUT2D eigenvalue weighted by Gasteiger charge is -2.22. The molecule has 3 nitrogen and oxygen atoms in total. The Kier molecular flexibility index (Phi) is 4.20. The molecule has 1 aromatic rings. The first-order valence-corrected chi connectivity index (χ1v) is 5.00. The van der Waals surface area contributed by atoms with Gasteiger partial charge in [-0.3, -0.25) is 0 Å². The molecule has 0 aliphatic heterocycles. The molecular formula is C11H16F2N2O. The largest absolute Gasteiger partial charge is 0.396 e. The van der Waals surface area contributed by atoms with Crippen molar-refractivity contribution in [1.29, 1.82) is 0 Å². The summed E-state index contributed by atoms with van der Waals surface area (Å²) in [5.41, 5.74) is 6.43. The molecule has 1 atom stereocenters. The van der Waals surface area contributed by atoms with E-state index in [1.165, 1.54) is 11.0 Å². The van der Waals surface area contributed by atoms with Crippen molar-refractivity contribution in [2.45, 2.75) is 12.5 Å². The monoisotopic (exact) mass is 230 g/mol. The molecule has 0 amide bonds. The lowest BCUT2D eigenvalue weighted by atomic mass is 10.0. The molecule has 1 unspecified atom stereocenters. The van der Waals surface area contributed by atoms with Gasteiger partial charge in [-0.25, -0.2) is 8.78 Å². The predicted octanol–water partition coefficient (Wildman–Crippen LogP) is 1.41. The molecule has 90 valence electrons. The highest BCUT2D eigenvalue weighted by Gasteiger charge is 2.19. The Labute approximate surface area is 93.5 Å². The fourth-order valence-corrected chi connectivity index (χ4v) is 1.60. The van der Waals surface area contributed by atoms with Crippen LogP contribution < -0.4 is 10.6 Å². The van der Waals surface area contributed by atoms with Crippen LogP contribution in [-0.4, -0.2) is 25.8 Å². The molecule has 0 bridgehead atoms. The number of aliphatic hydroxyl groups is 1. The zero-order chi connectivity index (χ0) is 12.3. The molecular weight excluding hydrogens is 214 g/mol. The third-order valence-electron chi connectivity index (χ3n) is 2.39. The zero-order valence-corrected chi connectivity index (χ0v) is 9.37. The van der Waals surface area contributed by atoms with E-state index in [9.17, 15) is 8.78 Å². The Hall–Kier alpha value is -1.20. The predicted molar refractivity (Wildman–Crippen MR) is 59.3 cm³/mol. The number of benzene rings is 1. The van der Waals surface area contributed by atoms with Crippen LogP contribution in [0.15, 0.2) is 12.1 Å². The molecule has 1 aromatic carbocycles. The Morgan fingerprint density at radius 3 is 2.50 bits per heavy atom. The average molecular weight is 230 g/mol. The fraction of sp³-hybridized carbons (Fsp3) is 0.455. The topological polar surface area (TPSA) is 49.5 Å². The molecule has 0 aromatic heterocycles. The Balaban J connectivity index is 3.23. The molecule has 0 aliphatic carbocycles. The molecule has 0 aliphatic rings. The second kappa shape index (κ2) is 5.23. The summed E-state index contributed by atoms with van der Waals surface area (Å²) >= 11 is 0. The number of nitrogens with zero attached hydrogens (tertiary/aromatic N) is 1. The van der Waals surface area contributed by atoms with Gasteiger partial charge in [0.2, 0.25) is 0 Å². The van der Waals surface area contributed by atoms with Gasteiger partial charge in [-0.2, -0.15) is 0 Å². The summed E-state index contributed by atoms with van der Waals surface area (Å²) < 4.78 is 26.7. The first kappa shape index (κ1) is 12.9. The number of nitrogens with two attached hydrogens (primary N) is 1. The summed E-state index contributed by atoms with van der Waals surface area (Å²) in [4.78, 5) is 1.48. The minimum atomic E-state index is -0.907. The van der Waals surface area contributed by atoms with Gasteiger partial charge in [0.1, 0.15) is 0 Å². The maximum atomic E-state index is 13.6. The summed E-state index contributed by atoms with van der Waals surface area (Å²) in [6.07, 6.45) is 0.311. The van der Waals surface area contributed by atoms with Gasteiger partial charge in [0, 0.05) is 26.7 Å². The Morgan fingerprint density at radius 2 is 2.00 bits per heavy atom. The quantitative estimate of drug-likeness (QED) is 0.822. The maximum Gasteiger partial charge on any atom is 0.182 e. The lowest BCUT2D eigenvalue weighted by molar-refractivity contribution is 0.276. The van der Waals surface area contributed by atoms with E-state index in [2.05, 4.69) is 0 Å². The third kappa shape index (κ3) is 2.48. The SMILES string of the molecule is CN(C)c1c(C(N)CCO)ccc(F)c1F. The number of aliphatic hydroxyl groups excluding tert-OH is 1. The van der Waals surface area contributed by atoms with Gasteiger partial charge < -0.3 is 15.7 Å². The second-order valence-corrected chi connectivity index (χ2v) is 3.81. The lowest BCUT2D eigenvalue weighted by Crippen LogP contribution is -2.20. The van der Waals surface area contributed by atoms with Crippen LogP contribution in [-0.2, 0) is 0 Å². The van der Waals surface area contributed by atoms with Gasteiger partial charge in [0.05, 0.1) is 5.69 Å². The molecule has 3 N–H and O–H groups in total. The van der Waals surface area contributed by atoms with E-state index in [0.29, 0.717) is 12.0 Å². The fourth-order valence-electron chi connectivity index (χ4n) is 1.60. The molecule has 0 spiro atoms. The van der Waals surface area contributed by atoms with Crippen LogP contribution in [0.1, 0.15) is 18.0 Å². The standard InChI is InChI=1S/C11H16F2N2O/c1-15(2)11-7(9(14)5-6-16)3-4-8(12)10(11)13/h3-4,9,16H,5-6,14H2,1-2H3. The summed E-state index contributed by atoms with van der Waals surface area (Å²) in [5, 5.41) is 8.79. The molecule has 0 heterocycles. The van der Waals surface area contributed by atoms with E-state index < -0.39 is 17.7 Å². The van der Waals surface area contributed by atoms with Crippen LogP contribution in [0, 0.1) is 11.6 Å². The van der Waals surface area contributed by atoms with Gasteiger partial charge >= 0.3 is 0 Å². The second-order valence-electron chi connectivity index (χ2n) is 3.81. The van der Waals surface area contributed by atoms with E-state index in [1.807, 2.05) is 0 Å². The van der Waals surface area contributed by atoms with Crippen LogP contribution in [0.25, 0.3) is 0 Å². The minimum Gasteiger partial charge on any atom is -0.396 e. The minimum absolute atomic E-state index is 0.0902. The highest BCUT2D eigenvalue weighted by atomic mass is 19.2. The first-order chi connectivity index (χ1) is 7.49. The smallest absolute Gasteiger partial charge is 0.182 e. The van der Waals surface area contributed by atoms with Gasteiger partial charge in [-0.05, 0) is 18.1 Å². The maximum absolute atomic E-state index is 13.6. The summed E-state index contributed by atoms with van der Waals surface area (Å²) in [7, 11) is 3.24. The molecule has 0 saturated heterocycles. The number of anilines is 1.